The fourth-order valence-electron chi connectivity index (χ4n) is 1.67. The van der Waals surface area contributed by atoms with Crippen LogP contribution in [0.15, 0.2) is 6.20 Å². The predicted molar refractivity (Wildman–Crippen MR) is 67.4 cm³/mol. The summed E-state index contributed by atoms with van der Waals surface area (Å²) in [6.45, 7) is 9.45. The Balaban J connectivity index is 2.26. The van der Waals surface area contributed by atoms with Crippen molar-refractivity contribution in [2.45, 2.75) is 39.8 Å². The number of aryl methyl sites for hydroxylation is 2. The van der Waals surface area contributed by atoms with Crippen LogP contribution >= 0.6 is 0 Å². The van der Waals surface area contributed by atoms with Gasteiger partial charge in [-0.05, 0) is 26.8 Å². The maximum absolute atomic E-state index is 4.33. The molecule has 1 rings (SSSR count). The topological polar surface area (TPSA) is 41.9 Å². The van der Waals surface area contributed by atoms with E-state index in [1.165, 1.54) is 12.0 Å². The Morgan fingerprint density at radius 1 is 1.50 bits per heavy atom. The van der Waals surface area contributed by atoms with Crippen LogP contribution in [0.25, 0.3) is 0 Å². The van der Waals surface area contributed by atoms with Gasteiger partial charge in [-0.1, -0.05) is 6.92 Å². The lowest BCUT2D eigenvalue weighted by Crippen LogP contribution is -2.36. The average Bonchev–Trinajstić information content (AvgIpc) is 2.55. The van der Waals surface area contributed by atoms with E-state index in [0.717, 1.165) is 25.3 Å². The largest absolute Gasteiger partial charge is 0.315 e. The molecule has 0 saturated carbocycles. The molecule has 1 heterocycles. The van der Waals surface area contributed by atoms with Crippen LogP contribution < -0.4 is 10.6 Å². The second-order valence-electron chi connectivity index (χ2n) is 4.40. The maximum atomic E-state index is 4.33. The van der Waals surface area contributed by atoms with Gasteiger partial charge >= 0.3 is 0 Å². The van der Waals surface area contributed by atoms with Crippen molar-refractivity contribution in [1.29, 1.82) is 0 Å². The van der Waals surface area contributed by atoms with Crippen LogP contribution in [-0.4, -0.2) is 28.9 Å². The molecule has 4 nitrogen and oxygen atoms in total. The highest BCUT2D eigenvalue weighted by molar-refractivity contribution is 5.14. The van der Waals surface area contributed by atoms with Gasteiger partial charge in [-0.3, -0.25) is 4.68 Å². The summed E-state index contributed by atoms with van der Waals surface area (Å²) in [5.74, 6) is 0. The number of hydrogen-bond donors (Lipinski definition) is 2. The molecule has 0 aromatic carbocycles. The first-order valence-electron chi connectivity index (χ1n) is 6.06. The lowest BCUT2D eigenvalue weighted by molar-refractivity contribution is 0.500. The number of hydrogen-bond acceptors (Lipinski definition) is 3. The van der Waals surface area contributed by atoms with Crippen LogP contribution in [-0.2, 0) is 13.6 Å². The molecule has 0 fully saturated rings. The van der Waals surface area contributed by atoms with Crippen LogP contribution in [0.4, 0.5) is 0 Å². The number of nitrogens with one attached hydrogen (secondary N) is 2. The number of rotatable bonds is 7. The minimum Gasteiger partial charge on any atom is -0.315 e. The smallest absolute Gasteiger partial charge is 0.0638 e. The number of aromatic nitrogens is 2. The molecule has 1 unspecified atom stereocenters. The fraction of sp³-hybridized carbons (Fsp3) is 0.750. The lowest BCUT2D eigenvalue weighted by Gasteiger charge is -2.13. The summed E-state index contributed by atoms with van der Waals surface area (Å²) >= 11 is 0. The molecule has 0 spiro atoms. The third-order valence-electron chi connectivity index (χ3n) is 2.63. The summed E-state index contributed by atoms with van der Waals surface area (Å²) in [4.78, 5) is 0. The zero-order valence-corrected chi connectivity index (χ0v) is 10.9. The highest BCUT2D eigenvalue weighted by atomic mass is 15.3. The van der Waals surface area contributed by atoms with Crippen LogP contribution in [0.5, 0.6) is 0 Å². The van der Waals surface area contributed by atoms with Crippen molar-refractivity contribution in [3.05, 3.63) is 17.5 Å². The van der Waals surface area contributed by atoms with E-state index in [4.69, 9.17) is 0 Å². The van der Waals surface area contributed by atoms with E-state index in [0.29, 0.717) is 6.04 Å². The van der Waals surface area contributed by atoms with E-state index < -0.39 is 0 Å². The normalized spacial score (nSPS) is 13.0. The SMILES string of the molecule is CCCNCC(C)NCc1cn(C)nc1C. The molecule has 2 N–H and O–H groups in total. The molecule has 1 atom stereocenters. The van der Waals surface area contributed by atoms with E-state index in [-0.39, 0.29) is 0 Å². The highest BCUT2D eigenvalue weighted by Gasteiger charge is 2.05. The summed E-state index contributed by atoms with van der Waals surface area (Å²) < 4.78 is 1.87. The maximum Gasteiger partial charge on any atom is 0.0638 e. The summed E-state index contributed by atoms with van der Waals surface area (Å²) in [6.07, 6.45) is 3.27. The van der Waals surface area contributed by atoms with E-state index in [2.05, 4.69) is 42.7 Å². The van der Waals surface area contributed by atoms with Gasteiger partial charge in [-0.2, -0.15) is 5.10 Å². The van der Waals surface area contributed by atoms with Crippen molar-refractivity contribution in [2.75, 3.05) is 13.1 Å². The van der Waals surface area contributed by atoms with Crippen LogP contribution in [0.3, 0.4) is 0 Å². The minimum absolute atomic E-state index is 0.492. The van der Waals surface area contributed by atoms with Gasteiger partial charge in [0.25, 0.3) is 0 Å². The molecule has 92 valence electrons. The van der Waals surface area contributed by atoms with Crippen LogP contribution in [0, 0.1) is 6.92 Å². The monoisotopic (exact) mass is 224 g/mol. The summed E-state index contributed by atoms with van der Waals surface area (Å²) in [5.41, 5.74) is 2.40. The molecule has 16 heavy (non-hydrogen) atoms. The molecule has 0 radical (unpaired) electrons. The molecule has 0 aliphatic heterocycles. The molecule has 1 aromatic rings. The molecular formula is C12H24N4. The van der Waals surface area contributed by atoms with E-state index in [1.54, 1.807) is 0 Å². The number of nitrogens with zero attached hydrogens (tertiary/aromatic N) is 2. The third-order valence-corrected chi connectivity index (χ3v) is 2.63. The minimum atomic E-state index is 0.492. The lowest BCUT2D eigenvalue weighted by atomic mass is 10.2. The van der Waals surface area contributed by atoms with Gasteiger partial charge in [0.2, 0.25) is 0 Å². The molecule has 0 saturated heterocycles. The quantitative estimate of drug-likeness (QED) is 0.684. The molecule has 0 bridgehead atoms. The van der Waals surface area contributed by atoms with Gasteiger partial charge in [0.1, 0.15) is 0 Å². The molecule has 0 aliphatic carbocycles. The molecular weight excluding hydrogens is 200 g/mol. The second-order valence-corrected chi connectivity index (χ2v) is 4.40. The van der Waals surface area contributed by atoms with Gasteiger partial charge in [-0.25, -0.2) is 0 Å². The van der Waals surface area contributed by atoms with Gasteiger partial charge < -0.3 is 10.6 Å². The zero-order chi connectivity index (χ0) is 12.0. The summed E-state index contributed by atoms with van der Waals surface area (Å²) in [5, 5.41) is 11.2. The Morgan fingerprint density at radius 3 is 2.81 bits per heavy atom. The molecule has 4 heteroatoms. The molecule has 1 aromatic heterocycles. The molecule has 0 amide bonds. The Hall–Kier alpha value is -0.870. The summed E-state index contributed by atoms with van der Waals surface area (Å²) in [7, 11) is 1.96. The van der Waals surface area contributed by atoms with Gasteiger partial charge in [0, 0.05) is 37.9 Å². The van der Waals surface area contributed by atoms with E-state index in [9.17, 15) is 0 Å². The van der Waals surface area contributed by atoms with Crippen molar-refractivity contribution in [3.8, 4) is 0 Å². The van der Waals surface area contributed by atoms with Crippen molar-refractivity contribution in [1.82, 2.24) is 20.4 Å². The van der Waals surface area contributed by atoms with Gasteiger partial charge in [-0.15, -0.1) is 0 Å². The third kappa shape index (κ3) is 4.33. The van der Waals surface area contributed by atoms with Crippen molar-refractivity contribution in [3.63, 3.8) is 0 Å². The van der Waals surface area contributed by atoms with E-state index >= 15 is 0 Å². The standard InChI is InChI=1S/C12H24N4/c1-5-6-13-7-10(2)14-8-12-9-16(4)15-11(12)3/h9-10,13-14H,5-8H2,1-4H3. The zero-order valence-electron chi connectivity index (χ0n) is 10.9. The summed E-state index contributed by atoms with van der Waals surface area (Å²) in [6, 6.07) is 0.492. The van der Waals surface area contributed by atoms with Gasteiger partial charge in [0.15, 0.2) is 0 Å². The van der Waals surface area contributed by atoms with Crippen molar-refractivity contribution < 1.29 is 0 Å². The Bertz CT molecular complexity index is 306. The van der Waals surface area contributed by atoms with E-state index in [1.807, 2.05) is 11.7 Å². The average molecular weight is 224 g/mol. The Labute approximate surface area is 98.4 Å². The van der Waals surface area contributed by atoms with Crippen molar-refractivity contribution in [2.24, 2.45) is 7.05 Å². The predicted octanol–water partition coefficient (Wildman–Crippen LogP) is 1.21. The first kappa shape index (κ1) is 13.2. The first-order valence-corrected chi connectivity index (χ1v) is 6.06. The molecule has 0 aliphatic rings. The second kappa shape index (κ2) is 6.66. The Kier molecular flexibility index (Phi) is 5.49. The Morgan fingerprint density at radius 2 is 2.25 bits per heavy atom. The van der Waals surface area contributed by atoms with Crippen LogP contribution in [0.1, 0.15) is 31.5 Å². The highest BCUT2D eigenvalue weighted by Crippen LogP contribution is 2.03. The fourth-order valence-corrected chi connectivity index (χ4v) is 1.67. The van der Waals surface area contributed by atoms with Gasteiger partial charge in [0.05, 0.1) is 5.69 Å². The van der Waals surface area contributed by atoms with Crippen molar-refractivity contribution >= 4 is 0 Å². The first-order chi connectivity index (χ1) is 7.63. The van der Waals surface area contributed by atoms with Crippen LogP contribution in [0.2, 0.25) is 0 Å².